The molecular weight excluding hydrogens is 392 g/mol. The molecule has 0 bridgehead atoms. The Morgan fingerprint density at radius 1 is 0.931 bits per heavy atom. The number of carbonyl (C=O) groups is 1. The van der Waals surface area contributed by atoms with Crippen molar-refractivity contribution >= 4 is 15.7 Å². The maximum Gasteiger partial charge on any atom is 0.253 e. The van der Waals surface area contributed by atoms with Gasteiger partial charge in [-0.1, -0.05) is 18.2 Å². The average molecular weight is 416 g/mol. The first-order valence-electron chi connectivity index (χ1n) is 9.54. The first kappa shape index (κ1) is 19.7. The van der Waals surface area contributed by atoms with Gasteiger partial charge < -0.3 is 14.4 Å². The van der Waals surface area contributed by atoms with E-state index in [1.807, 2.05) is 23.1 Å². The summed E-state index contributed by atoms with van der Waals surface area (Å²) in [6.07, 6.45) is 1.20. The molecule has 1 fully saturated rings. The maximum atomic E-state index is 12.7. The molecule has 2 aromatic rings. The molecule has 8 heteroatoms. The molecule has 2 aliphatic heterocycles. The fourth-order valence-electron chi connectivity index (χ4n) is 3.64. The van der Waals surface area contributed by atoms with Crippen LogP contribution >= 0.6 is 0 Å². The van der Waals surface area contributed by atoms with E-state index in [-0.39, 0.29) is 18.5 Å². The molecule has 1 amide bonds. The van der Waals surface area contributed by atoms with Crippen molar-refractivity contribution < 1.29 is 22.7 Å². The molecule has 0 aliphatic carbocycles. The zero-order valence-corrected chi connectivity index (χ0v) is 17.2. The summed E-state index contributed by atoms with van der Waals surface area (Å²) in [7, 11) is -3.08. The van der Waals surface area contributed by atoms with E-state index in [2.05, 4.69) is 4.90 Å². The van der Waals surface area contributed by atoms with Crippen molar-refractivity contribution in [3.63, 3.8) is 0 Å². The number of benzene rings is 2. The van der Waals surface area contributed by atoms with Crippen LogP contribution in [0.3, 0.4) is 0 Å². The van der Waals surface area contributed by atoms with Crippen LogP contribution in [0.5, 0.6) is 11.5 Å². The Morgan fingerprint density at radius 2 is 1.59 bits per heavy atom. The highest BCUT2D eigenvalue weighted by molar-refractivity contribution is 7.89. The molecular formula is C21H24N2O5S. The van der Waals surface area contributed by atoms with Crippen LogP contribution in [0.4, 0.5) is 0 Å². The molecule has 0 saturated carbocycles. The average Bonchev–Trinajstić information content (AvgIpc) is 3.15. The van der Waals surface area contributed by atoms with Crippen LogP contribution in [0.2, 0.25) is 0 Å². The van der Waals surface area contributed by atoms with Gasteiger partial charge in [0.1, 0.15) is 0 Å². The second-order valence-electron chi connectivity index (χ2n) is 7.52. The van der Waals surface area contributed by atoms with E-state index >= 15 is 0 Å². The summed E-state index contributed by atoms with van der Waals surface area (Å²) in [6.45, 7) is 4.00. The second kappa shape index (κ2) is 8.04. The number of rotatable bonds is 5. The van der Waals surface area contributed by atoms with Crippen molar-refractivity contribution in [2.45, 2.75) is 12.3 Å². The van der Waals surface area contributed by atoms with E-state index in [1.165, 1.54) is 6.26 Å². The number of carbonyl (C=O) groups excluding carboxylic acids is 1. The first-order chi connectivity index (χ1) is 13.9. The van der Waals surface area contributed by atoms with Gasteiger partial charge in [0.2, 0.25) is 6.79 Å². The largest absolute Gasteiger partial charge is 0.454 e. The Hall–Kier alpha value is -2.58. The summed E-state index contributed by atoms with van der Waals surface area (Å²) in [5, 5.41) is 0. The van der Waals surface area contributed by atoms with Gasteiger partial charge in [0.25, 0.3) is 5.91 Å². The lowest BCUT2D eigenvalue weighted by Gasteiger charge is -2.34. The highest BCUT2D eigenvalue weighted by Gasteiger charge is 2.23. The Morgan fingerprint density at radius 3 is 2.28 bits per heavy atom. The predicted molar refractivity (Wildman–Crippen MR) is 109 cm³/mol. The SMILES string of the molecule is CS(=O)(=O)Cc1ccc(C(=O)N2CCN(Cc3ccc4c(c3)OCO4)CC2)cc1. The molecule has 1 saturated heterocycles. The molecule has 2 aliphatic rings. The van der Waals surface area contributed by atoms with Gasteiger partial charge in [0, 0.05) is 44.5 Å². The molecule has 0 unspecified atom stereocenters. The van der Waals surface area contributed by atoms with E-state index in [0.29, 0.717) is 24.2 Å². The number of sulfone groups is 1. The minimum Gasteiger partial charge on any atom is -0.454 e. The van der Waals surface area contributed by atoms with Crippen molar-refractivity contribution in [2.24, 2.45) is 0 Å². The smallest absolute Gasteiger partial charge is 0.253 e. The standard InChI is InChI=1S/C21H24N2O5S/c1-29(25,26)14-16-2-5-18(6-3-16)21(24)23-10-8-22(9-11-23)13-17-4-7-19-20(12-17)28-15-27-19/h2-7,12H,8-11,13-15H2,1H3. The minimum absolute atomic E-state index is 0.0139. The zero-order chi connectivity index (χ0) is 20.4. The Balaban J connectivity index is 1.31. The molecule has 2 heterocycles. The molecule has 0 radical (unpaired) electrons. The Labute approximate surface area is 170 Å². The highest BCUT2D eigenvalue weighted by Crippen LogP contribution is 2.32. The van der Waals surface area contributed by atoms with Gasteiger partial charge in [-0.25, -0.2) is 8.42 Å². The number of hydrogen-bond donors (Lipinski definition) is 0. The van der Waals surface area contributed by atoms with Crippen molar-refractivity contribution in [3.05, 3.63) is 59.2 Å². The highest BCUT2D eigenvalue weighted by atomic mass is 32.2. The lowest BCUT2D eigenvalue weighted by molar-refractivity contribution is 0.0628. The van der Waals surface area contributed by atoms with E-state index in [9.17, 15) is 13.2 Å². The van der Waals surface area contributed by atoms with E-state index in [4.69, 9.17) is 9.47 Å². The number of hydrogen-bond acceptors (Lipinski definition) is 6. The summed E-state index contributed by atoms with van der Waals surface area (Å²) in [5.41, 5.74) is 2.44. The zero-order valence-electron chi connectivity index (χ0n) is 16.3. The summed E-state index contributed by atoms with van der Waals surface area (Å²) in [6, 6.07) is 12.8. The van der Waals surface area contributed by atoms with E-state index in [0.717, 1.165) is 36.7 Å². The first-order valence-corrected chi connectivity index (χ1v) is 11.6. The molecule has 7 nitrogen and oxygen atoms in total. The van der Waals surface area contributed by atoms with Crippen LogP contribution in [0.1, 0.15) is 21.5 Å². The number of amides is 1. The third kappa shape index (κ3) is 4.89. The monoisotopic (exact) mass is 416 g/mol. The number of nitrogens with zero attached hydrogens (tertiary/aromatic N) is 2. The lowest BCUT2D eigenvalue weighted by atomic mass is 10.1. The Kier molecular flexibility index (Phi) is 5.47. The molecule has 2 aromatic carbocycles. The van der Waals surface area contributed by atoms with Crippen LogP contribution in [-0.4, -0.2) is 63.4 Å². The predicted octanol–water partition coefficient (Wildman–Crippen LogP) is 1.92. The van der Waals surface area contributed by atoms with Gasteiger partial charge in [-0.05, 0) is 35.4 Å². The van der Waals surface area contributed by atoms with Crippen LogP contribution in [-0.2, 0) is 22.1 Å². The topological polar surface area (TPSA) is 76.2 Å². The summed E-state index contributed by atoms with van der Waals surface area (Å²) in [4.78, 5) is 16.9. The van der Waals surface area contributed by atoms with Crippen molar-refractivity contribution in [1.29, 1.82) is 0 Å². The number of ether oxygens (including phenoxy) is 2. The quantitative estimate of drug-likeness (QED) is 0.741. The Bertz CT molecular complexity index is 996. The fourth-order valence-corrected chi connectivity index (χ4v) is 4.43. The molecule has 0 spiro atoms. The number of fused-ring (bicyclic) bond motifs is 1. The summed E-state index contributed by atoms with van der Waals surface area (Å²) >= 11 is 0. The summed E-state index contributed by atoms with van der Waals surface area (Å²) in [5.74, 6) is 1.54. The van der Waals surface area contributed by atoms with Gasteiger partial charge >= 0.3 is 0 Å². The van der Waals surface area contributed by atoms with Gasteiger partial charge in [-0.2, -0.15) is 0 Å². The van der Waals surface area contributed by atoms with Gasteiger partial charge in [-0.3, -0.25) is 9.69 Å². The van der Waals surface area contributed by atoms with E-state index in [1.54, 1.807) is 24.3 Å². The minimum atomic E-state index is -3.08. The van der Waals surface area contributed by atoms with Gasteiger partial charge in [0.05, 0.1) is 5.75 Å². The van der Waals surface area contributed by atoms with Crippen molar-refractivity contribution in [1.82, 2.24) is 9.80 Å². The summed E-state index contributed by atoms with van der Waals surface area (Å²) < 4.78 is 33.6. The van der Waals surface area contributed by atoms with Crippen LogP contribution in [0.25, 0.3) is 0 Å². The lowest BCUT2D eigenvalue weighted by Crippen LogP contribution is -2.48. The second-order valence-corrected chi connectivity index (χ2v) is 9.66. The fraction of sp³-hybridized carbons (Fsp3) is 0.381. The third-order valence-corrected chi connectivity index (χ3v) is 5.99. The normalized spacial score (nSPS) is 16.8. The maximum absolute atomic E-state index is 12.7. The molecule has 4 rings (SSSR count). The number of piperazine rings is 1. The van der Waals surface area contributed by atoms with Crippen LogP contribution in [0.15, 0.2) is 42.5 Å². The van der Waals surface area contributed by atoms with Crippen LogP contribution < -0.4 is 9.47 Å². The molecule has 29 heavy (non-hydrogen) atoms. The van der Waals surface area contributed by atoms with Crippen molar-refractivity contribution in [3.8, 4) is 11.5 Å². The third-order valence-electron chi connectivity index (χ3n) is 5.13. The molecule has 0 aromatic heterocycles. The molecule has 0 atom stereocenters. The molecule has 154 valence electrons. The van der Waals surface area contributed by atoms with Gasteiger partial charge in [-0.15, -0.1) is 0 Å². The molecule has 0 N–H and O–H groups in total. The van der Waals surface area contributed by atoms with E-state index < -0.39 is 9.84 Å². The van der Waals surface area contributed by atoms with Gasteiger partial charge in [0.15, 0.2) is 21.3 Å². The van der Waals surface area contributed by atoms with Crippen molar-refractivity contribution in [2.75, 3.05) is 39.2 Å². The van der Waals surface area contributed by atoms with Crippen LogP contribution in [0, 0.1) is 0 Å².